The van der Waals surface area contributed by atoms with Crippen molar-refractivity contribution in [3.8, 4) is 0 Å². The van der Waals surface area contributed by atoms with Gasteiger partial charge in [-0.3, -0.25) is 0 Å². The van der Waals surface area contributed by atoms with E-state index in [4.69, 9.17) is 5.73 Å². The van der Waals surface area contributed by atoms with Gasteiger partial charge in [-0.05, 0) is 30.4 Å². The zero-order chi connectivity index (χ0) is 10.6. The molecule has 0 aliphatic rings. The van der Waals surface area contributed by atoms with Crippen LogP contribution in [-0.4, -0.2) is 6.04 Å². The second-order valence-corrected chi connectivity index (χ2v) is 4.89. The van der Waals surface area contributed by atoms with Crippen LogP contribution in [0.15, 0.2) is 28.7 Å². The molecule has 0 aliphatic carbocycles. The molecule has 1 atom stereocenters. The maximum absolute atomic E-state index is 6.00. The Morgan fingerprint density at radius 2 is 1.93 bits per heavy atom. The van der Waals surface area contributed by atoms with E-state index < -0.39 is 0 Å². The molecule has 1 nitrogen and oxygen atoms in total. The summed E-state index contributed by atoms with van der Waals surface area (Å²) in [6, 6.07) is 8.65. The second kappa shape index (κ2) is 5.52. The van der Waals surface area contributed by atoms with E-state index in [1.807, 2.05) is 6.07 Å². The first-order chi connectivity index (χ1) is 6.61. The van der Waals surface area contributed by atoms with Crippen LogP contribution in [0.1, 0.15) is 25.8 Å². The molecular weight excluding hydrogens is 238 g/mol. The normalized spacial score (nSPS) is 13.2. The van der Waals surface area contributed by atoms with Gasteiger partial charge in [0.1, 0.15) is 0 Å². The SMILES string of the molecule is CC(C)C(N)CCc1ccccc1Br. The van der Waals surface area contributed by atoms with Crippen molar-refractivity contribution in [1.29, 1.82) is 0 Å². The quantitative estimate of drug-likeness (QED) is 0.878. The number of halogens is 1. The Balaban J connectivity index is 2.50. The lowest BCUT2D eigenvalue weighted by atomic mass is 9.98. The van der Waals surface area contributed by atoms with E-state index in [0.29, 0.717) is 12.0 Å². The van der Waals surface area contributed by atoms with Crippen molar-refractivity contribution in [2.24, 2.45) is 11.7 Å². The maximum Gasteiger partial charge on any atom is 0.0207 e. The standard InChI is InChI=1S/C12H18BrN/c1-9(2)12(14)8-7-10-5-3-4-6-11(10)13/h3-6,9,12H,7-8,14H2,1-2H3. The van der Waals surface area contributed by atoms with Crippen LogP contribution in [0.4, 0.5) is 0 Å². The zero-order valence-corrected chi connectivity index (χ0v) is 10.4. The third kappa shape index (κ3) is 3.43. The van der Waals surface area contributed by atoms with Crippen LogP contribution in [0.5, 0.6) is 0 Å². The molecule has 0 saturated carbocycles. The number of hydrogen-bond donors (Lipinski definition) is 1. The molecular formula is C12H18BrN. The highest BCUT2D eigenvalue weighted by Gasteiger charge is 2.08. The third-order valence-electron chi connectivity index (χ3n) is 2.56. The first-order valence-corrected chi connectivity index (χ1v) is 5.89. The molecule has 78 valence electrons. The molecule has 2 N–H and O–H groups in total. The van der Waals surface area contributed by atoms with Crippen molar-refractivity contribution in [2.45, 2.75) is 32.7 Å². The fourth-order valence-electron chi connectivity index (χ4n) is 1.36. The third-order valence-corrected chi connectivity index (χ3v) is 3.33. The summed E-state index contributed by atoms with van der Waals surface area (Å²) in [5.74, 6) is 0.567. The smallest absolute Gasteiger partial charge is 0.0207 e. The van der Waals surface area contributed by atoms with Gasteiger partial charge < -0.3 is 5.73 Å². The molecule has 0 aliphatic heterocycles. The van der Waals surface area contributed by atoms with Crippen LogP contribution >= 0.6 is 15.9 Å². The van der Waals surface area contributed by atoms with Gasteiger partial charge in [0.2, 0.25) is 0 Å². The summed E-state index contributed by atoms with van der Waals surface area (Å²) >= 11 is 3.54. The maximum atomic E-state index is 6.00. The van der Waals surface area contributed by atoms with Crippen molar-refractivity contribution in [3.63, 3.8) is 0 Å². The first kappa shape index (κ1) is 11.7. The molecule has 0 saturated heterocycles. The molecule has 1 aromatic rings. The van der Waals surface area contributed by atoms with Gasteiger partial charge >= 0.3 is 0 Å². The lowest BCUT2D eigenvalue weighted by Gasteiger charge is -2.15. The van der Waals surface area contributed by atoms with Crippen molar-refractivity contribution in [1.82, 2.24) is 0 Å². The number of hydrogen-bond acceptors (Lipinski definition) is 1. The van der Waals surface area contributed by atoms with Gasteiger partial charge in [-0.1, -0.05) is 48.0 Å². The minimum absolute atomic E-state index is 0.308. The molecule has 2 heteroatoms. The average Bonchev–Trinajstić information content (AvgIpc) is 2.16. The highest BCUT2D eigenvalue weighted by atomic mass is 79.9. The highest BCUT2D eigenvalue weighted by molar-refractivity contribution is 9.10. The van der Waals surface area contributed by atoms with Crippen LogP contribution in [0.2, 0.25) is 0 Å². The van der Waals surface area contributed by atoms with Gasteiger partial charge in [0.05, 0.1) is 0 Å². The first-order valence-electron chi connectivity index (χ1n) is 5.10. The fourth-order valence-corrected chi connectivity index (χ4v) is 1.84. The van der Waals surface area contributed by atoms with Gasteiger partial charge in [-0.25, -0.2) is 0 Å². The zero-order valence-electron chi connectivity index (χ0n) is 8.83. The predicted octanol–water partition coefficient (Wildman–Crippen LogP) is 3.37. The van der Waals surface area contributed by atoms with Crippen LogP contribution in [-0.2, 0) is 6.42 Å². The van der Waals surface area contributed by atoms with E-state index in [1.165, 1.54) is 10.0 Å². The molecule has 0 bridgehead atoms. The summed E-state index contributed by atoms with van der Waals surface area (Å²) in [6.45, 7) is 4.34. The van der Waals surface area contributed by atoms with E-state index in [0.717, 1.165) is 12.8 Å². The summed E-state index contributed by atoms with van der Waals surface area (Å²) in [4.78, 5) is 0. The van der Waals surface area contributed by atoms with Gasteiger partial charge in [0.25, 0.3) is 0 Å². The average molecular weight is 256 g/mol. The molecule has 14 heavy (non-hydrogen) atoms. The molecule has 0 radical (unpaired) electrons. The molecule has 0 amide bonds. The predicted molar refractivity (Wildman–Crippen MR) is 65.3 cm³/mol. The minimum Gasteiger partial charge on any atom is -0.327 e. The fraction of sp³-hybridized carbons (Fsp3) is 0.500. The van der Waals surface area contributed by atoms with Gasteiger partial charge in [-0.2, -0.15) is 0 Å². The lowest BCUT2D eigenvalue weighted by molar-refractivity contribution is 0.464. The summed E-state index contributed by atoms with van der Waals surface area (Å²) in [5, 5.41) is 0. The Bertz CT molecular complexity index is 283. The van der Waals surface area contributed by atoms with Crippen molar-refractivity contribution in [2.75, 3.05) is 0 Å². The summed E-state index contributed by atoms with van der Waals surface area (Å²) in [7, 11) is 0. The van der Waals surface area contributed by atoms with Crippen LogP contribution < -0.4 is 5.73 Å². The molecule has 1 rings (SSSR count). The van der Waals surface area contributed by atoms with Crippen molar-refractivity contribution >= 4 is 15.9 Å². The van der Waals surface area contributed by atoms with Gasteiger partial charge in [-0.15, -0.1) is 0 Å². The van der Waals surface area contributed by atoms with Crippen LogP contribution in [0.3, 0.4) is 0 Å². The van der Waals surface area contributed by atoms with E-state index in [1.54, 1.807) is 0 Å². The Morgan fingerprint density at radius 3 is 2.50 bits per heavy atom. The van der Waals surface area contributed by atoms with E-state index in [-0.39, 0.29) is 0 Å². The lowest BCUT2D eigenvalue weighted by Crippen LogP contribution is -2.26. The van der Waals surface area contributed by atoms with Crippen LogP contribution in [0, 0.1) is 5.92 Å². The van der Waals surface area contributed by atoms with Gasteiger partial charge in [0, 0.05) is 10.5 Å². The largest absolute Gasteiger partial charge is 0.327 e. The van der Waals surface area contributed by atoms with Gasteiger partial charge in [0.15, 0.2) is 0 Å². The van der Waals surface area contributed by atoms with E-state index in [9.17, 15) is 0 Å². The Morgan fingerprint density at radius 1 is 1.29 bits per heavy atom. The molecule has 0 spiro atoms. The molecule has 1 unspecified atom stereocenters. The summed E-state index contributed by atoms with van der Waals surface area (Å²) in [5.41, 5.74) is 7.35. The summed E-state index contributed by atoms with van der Waals surface area (Å²) < 4.78 is 1.19. The van der Waals surface area contributed by atoms with E-state index >= 15 is 0 Å². The molecule has 0 heterocycles. The molecule has 0 fully saturated rings. The summed E-state index contributed by atoms with van der Waals surface area (Å²) in [6.07, 6.45) is 2.11. The minimum atomic E-state index is 0.308. The van der Waals surface area contributed by atoms with Crippen molar-refractivity contribution in [3.05, 3.63) is 34.3 Å². The Kier molecular flexibility index (Phi) is 4.63. The van der Waals surface area contributed by atoms with E-state index in [2.05, 4.69) is 48.0 Å². The number of rotatable bonds is 4. The highest BCUT2D eigenvalue weighted by Crippen LogP contribution is 2.18. The monoisotopic (exact) mass is 255 g/mol. The Labute approximate surface area is 94.8 Å². The number of aryl methyl sites for hydroxylation is 1. The van der Waals surface area contributed by atoms with Crippen molar-refractivity contribution < 1.29 is 0 Å². The topological polar surface area (TPSA) is 26.0 Å². The molecule has 1 aromatic carbocycles. The van der Waals surface area contributed by atoms with Crippen LogP contribution in [0.25, 0.3) is 0 Å². The second-order valence-electron chi connectivity index (χ2n) is 4.04. The number of benzene rings is 1. The number of nitrogens with two attached hydrogens (primary N) is 1. The Hall–Kier alpha value is -0.340. The molecule has 0 aromatic heterocycles.